The van der Waals surface area contributed by atoms with Crippen LogP contribution >= 0.6 is 46.4 Å². The molecule has 0 radical (unpaired) electrons. The zero-order valence-electron chi connectivity index (χ0n) is 18.7. The van der Waals surface area contributed by atoms with Crippen molar-refractivity contribution in [2.75, 3.05) is 0 Å². The van der Waals surface area contributed by atoms with Crippen molar-refractivity contribution >= 4 is 46.4 Å². The Balaban J connectivity index is 2.48. The number of halogens is 4. The predicted molar refractivity (Wildman–Crippen MR) is 132 cm³/mol. The molecule has 0 aliphatic rings. The third-order valence-electron chi connectivity index (χ3n) is 5.51. The van der Waals surface area contributed by atoms with E-state index in [0.29, 0.717) is 44.4 Å². The molecule has 2 rings (SSSR count). The van der Waals surface area contributed by atoms with E-state index in [1.165, 1.54) is 0 Å². The highest BCUT2D eigenvalue weighted by Gasteiger charge is 2.30. The zero-order valence-corrected chi connectivity index (χ0v) is 21.7. The minimum Gasteiger partial charge on any atom is -0.470 e. The van der Waals surface area contributed by atoms with E-state index in [-0.39, 0.29) is 0 Å². The van der Waals surface area contributed by atoms with Gasteiger partial charge >= 0.3 is 0 Å². The van der Waals surface area contributed by atoms with Crippen LogP contribution in [0.4, 0.5) is 0 Å². The van der Waals surface area contributed by atoms with Crippen LogP contribution in [0.1, 0.15) is 65.5 Å². The fourth-order valence-corrected chi connectivity index (χ4v) is 3.94. The Morgan fingerprint density at radius 1 is 0.645 bits per heavy atom. The topological polar surface area (TPSA) is 70.5 Å². The zero-order chi connectivity index (χ0) is 23.8. The summed E-state index contributed by atoms with van der Waals surface area (Å²) in [6.07, 6.45) is 1.19. The van der Waals surface area contributed by atoms with E-state index >= 15 is 0 Å². The summed E-state index contributed by atoms with van der Waals surface area (Å²) in [4.78, 5) is 0. The fraction of sp³-hybridized carbons (Fsp3) is 0.478. The minimum absolute atomic E-state index is 0.358. The Bertz CT molecular complexity index is 837. The Morgan fingerprint density at radius 3 is 1.13 bits per heavy atom. The number of rotatable bonds is 8. The normalized spacial score (nSPS) is 15.9. The van der Waals surface area contributed by atoms with Crippen LogP contribution in [0, 0.1) is 0 Å². The van der Waals surface area contributed by atoms with Crippen LogP contribution in [0.2, 0.25) is 20.1 Å². The summed E-state index contributed by atoms with van der Waals surface area (Å²) in [6, 6.07) is 7.26. The Labute approximate surface area is 205 Å². The fourth-order valence-electron chi connectivity index (χ4n) is 2.81. The van der Waals surface area contributed by atoms with E-state index in [4.69, 9.17) is 67.3 Å². The lowest BCUT2D eigenvalue weighted by Crippen LogP contribution is -2.41. The molecule has 0 spiro atoms. The summed E-state index contributed by atoms with van der Waals surface area (Å²) in [5, 5.41) is 1.50. The summed E-state index contributed by atoms with van der Waals surface area (Å²) < 4.78 is 11.7. The van der Waals surface area contributed by atoms with Crippen LogP contribution < -0.4 is 20.9 Å². The molecule has 2 aromatic carbocycles. The summed E-state index contributed by atoms with van der Waals surface area (Å²) in [5.41, 5.74) is 11.7. The Kier molecular flexibility index (Phi) is 8.12. The maximum Gasteiger partial charge on any atom is 0.159 e. The molecule has 0 amide bonds. The Morgan fingerprint density at radius 2 is 0.903 bits per heavy atom. The molecule has 8 heteroatoms. The molecule has 0 aliphatic carbocycles. The van der Waals surface area contributed by atoms with E-state index < -0.39 is 16.9 Å². The van der Waals surface area contributed by atoms with E-state index in [1.807, 2.05) is 52.0 Å². The SMILES string of the molecule is CCC(C)(N)Oc1c(Cl)cc(C(C)(C)c2cc(Cl)c(OC(C)(N)CC)c(Cl)c2)cc1Cl. The van der Waals surface area contributed by atoms with Crippen molar-refractivity contribution in [2.24, 2.45) is 11.5 Å². The molecule has 0 aromatic heterocycles. The second-order valence-electron chi connectivity index (χ2n) is 8.70. The largest absolute Gasteiger partial charge is 0.470 e. The van der Waals surface area contributed by atoms with Crippen molar-refractivity contribution < 1.29 is 9.47 Å². The molecule has 0 bridgehead atoms. The summed E-state index contributed by atoms with van der Waals surface area (Å²) in [6.45, 7) is 11.4. The van der Waals surface area contributed by atoms with Gasteiger partial charge in [-0.2, -0.15) is 0 Å². The van der Waals surface area contributed by atoms with Gasteiger partial charge in [0, 0.05) is 5.41 Å². The van der Waals surface area contributed by atoms with Crippen molar-refractivity contribution in [3.8, 4) is 11.5 Å². The number of hydrogen-bond acceptors (Lipinski definition) is 4. The van der Waals surface area contributed by atoms with Crippen molar-refractivity contribution in [2.45, 2.75) is 71.2 Å². The molecule has 2 aromatic rings. The van der Waals surface area contributed by atoms with Gasteiger partial charge in [-0.15, -0.1) is 0 Å². The Hall–Kier alpha value is -0.880. The van der Waals surface area contributed by atoms with Gasteiger partial charge in [0.15, 0.2) is 22.9 Å². The first kappa shape index (κ1) is 26.4. The molecule has 0 saturated heterocycles. The van der Waals surface area contributed by atoms with Gasteiger partial charge in [0.25, 0.3) is 0 Å². The van der Waals surface area contributed by atoms with Crippen molar-refractivity contribution in [3.05, 3.63) is 55.5 Å². The van der Waals surface area contributed by atoms with Gasteiger partial charge in [0.05, 0.1) is 20.1 Å². The molecule has 31 heavy (non-hydrogen) atoms. The third kappa shape index (κ3) is 6.13. The molecule has 0 fully saturated rings. The van der Waals surface area contributed by atoms with Crippen LogP contribution in [0.3, 0.4) is 0 Å². The van der Waals surface area contributed by atoms with Crippen molar-refractivity contribution in [3.63, 3.8) is 0 Å². The standard InChI is InChI=1S/C23H30Cl4N2O2/c1-7-22(5,28)30-19-15(24)9-13(10-16(19)25)21(3,4)14-11-17(26)20(18(27)12-14)31-23(6,29)8-2/h9-12H,7-8,28-29H2,1-6H3. The van der Waals surface area contributed by atoms with Crippen LogP contribution in [0.25, 0.3) is 0 Å². The highest BCUT2D eigenvalue weighted by atomic mass is 35.5. The lowest BCUT2D eigenvalue weighted by Gasteiger charge is -2.31. The summed E-state index contributed by atoms with van der Waals surface area (Å²) in [7, 11) is 0. The van der Waals surface area contributed by atoms with Crippen molar-refractivity contribution in [1.82, 2.24) is 0 Å². The molecule has 0 saturated carbocycles. The molecule has 4 N–H and O–H groups in total. The van der Waals surface area contributed by atoms with E-state index in [9.17, 15) is 0 Å². The first-order chi connectivity index (χ1) is 14.1. The number of ether oxygens (including phenoxy) is 2. The monoisotopic (exact) mass is 506 g/mol. The lowest BCUT2D eigenvalue weighted by molar-refractivity contribution is 0.0916. The second-order valence-corrected chi connectivity index (χ2v) is 10.3. The van der Waals surface area contributed by atoms with Crippen molar-refractivity contribution in [1.29, 1.82) is 0 Å². The summed E-state index contributed by atoms with van der Waals surface area (Å²) in [5.74, 6) is 0.715. The third-order valence-corrected chi connectivity index (χ3v) is 6.64. The molecule has 0 heterocycles. The van der Waals surface area contributed by atoms with Gasteiger partial charge in [-0.1, -0.05) is 74.1 Å². The van der Waals surface area contributed by atoms with Crippen LogP contribution in [-0.4, -0.2) is 11.4 Å². The maximum atomic E-state index is 6.52. The molecular formula is C23H30Cl4N2O2. The van der Waals surface area contributed by atoms with Gasteiger partial charge in [-0.25, -0.2) is 0 Å². The first-order valence-corrected chi connectivity index (χ1v) is 11.6. The smallest absolute Gasteiger partial charge is 0.159 e. The van der Waals surface area contributed by atoms with Gasteiger partial charge < -0.3 is 9.47 Å². The van der Waals surface area contributed by atoms with Gasteiger partial charge in [0.2, 0.25) is 0 Å². The highest BCUT2D eigenvalue weighted by molar-refractivity contribution is 6.38. The summed E-state index contributed by atoms with van der Waals surface area (Å²) >= 11 is 26.1. The van der Waals surface area contributed by atoms with Crippen LogP contribution in [0.15, 0.2) is 24.3 Å². The molecular weight excluding hydrogens is 478 g/mol. The van der Waals surface area contributed by atoms with E-state index in [1.54, 1.807) is 13.8 Å². The number of benzene rings is 2. The van der Waals surface area contributed by atoms with E-state index in [2.05, 4.69) is 0 Å². The average Bonchev–Trinajstić information content (AvgIpc) is 2.67. The van der Waals surface area contributed by atoms with Gasteiger partial charge in [-0.05, 0) is 62.1 Å². The predicted octanol–water partition coefficient (Wildman–Crippen LogP) is 7.55. The van der Waals surface area contributed by atoms with Gasteiger partial charge in [0.1, 0.15) is 0 Å². The highest BCUT2D eigenvalue weighted by Crippen LogP contribution is 2.44. The van der Waals surface area contributed by atoms with Crippen LogP contribution in [0.5, 0.6) is 11.5 Å². The quantitative estimate of drug-likeness (QED) is 0.361. The number of nitrogens with two attached hydrogens (primary N) is 2. The molecule has 2 atom stereocenters. The van der Waals surface area contributed by atoms with E-state index in [0.717, 1.165) is 11.1 Å². The molecule has 4 nitrogen and oxygen atoms in total. The molecule has 2 unspecified atom stereocenters. The number of hydrogen-bond donors (Lipinski definition) is 2. The molecule has 172 valence electrons. The second kappa shape index (κ2) is 9.54. The maximum absolute atomic E-state index is 6.52. The lowest BCUT2D eigenvalue weighted by atomic mass is 9.78. The minimum atomic E-state index is -0.878. The average molecular weight is 508 g/mol. The molecule has 0 aliphatic heterocycles. The first-order valence-electron chi connectivity index (χ1n) is 10.1. The van der Waals surface area contributed by atoms with Crippen LogP contribution in [-0.2, 0) is 5.41 Å². The van der Waals surface area contributed by atoms with Gasteiger partial charge in [-0.3, -0.25) is 11.5 Å².